The molecule has 0 aliphatic carbocycles. The van der Waals surface area contributed by atoms with E-state index in [1.807, 2.05) is 101 Å². The average molecular weight is 535 g/mol. The Morgan fingerprint density at radius 3 is 2.23 bits per heavy atom. The van der Waals surface area contributed by atoms with Crippen molar-refractivity contribution in [3.8, 4) is 5.75 Å². The molecule has 2 bridgehead atoms. The lowest BCUT2D eigenvalue weighted by Gasteiger charge is -2.34. The van der Waals surface area contributed by atoms with Gasteiger partial charge in [0.05, 0.1) is 6.04 Å². The van der Waals surface area contributed by atoms with E-state index in [-0.39, 0.29) is 23.7 Å². The number of hydrogen-bond donors (Lipinski definition) is 3. The minimum Gasteiger partial charge on any atom is -0.487 e. The van der Waals surface area contributed by atoms with E-state index in [0.29, 0.717) is 18.6 Å². The highest BCUT2D eigenvalue weighted by Crippen LogP contribution is 2.21. The van der Waals surface area contributed by atoms with Crippen molar-refractivity contribution in [2.75, 3.05) is 14.1 Å². The van der Waals surface area contributed by atoms with E-state index in [4.69, 9.17) is 4.74 Å². The predicted molar refractivity (Wildman–Crippen MR) is 154 cm³/mol. The van der Waals surface area contributed by atoms with Gasteiger partial charge in [0.25, 0.3) is 0 Å². The maximum absolute atomic E-state index is 13.9. The summed E-state index contributed by atoms with van der Waals surface area (Å²) >= 11 is 0. The second kappa shape index (κ2) is 13.9. The monoisotopic (exact) mass is 534 g/mol. The molecule has 2 aliphatic rings. The lowest BCUT2D eigenvalue weighted by Crippen LogP contribution is -2.62. The van der Waals surface area contributed by atoms with E-state index in [0.717, 1.165) is 11.1 Å². The summed E-state index contributed by atoms with van der Waals surface area (Å²) in [7, 11) is 3.69. The van der Waals surface area contributed by atoms with Crippen LogP contribution < -0.4 is 20.7 Å². The van der Waals surface area contributed by atoms with Crippen LogP contribution in [0.15, 0.2) is 60.8 Å². The van der Waals surface area contributed by atoms with E-state index in [1.54, 1.807) is 12.3 Å². The second-order valence-corrected chi connectivity index (χ2v) is 11.1. The molecule has 8 nitrogen and oxygen atoms in total. The van der Waals surface area contributed by atoms with Crippen molar-refractivity contribution in [2.24, 2.45) is 11.8 Å². The maximum atomic E-state index is 13.9. The van der Waals surface area contributed by atoms with Gasteiger partial charge >= 0.3 is 0 Å². The van der Waals surface area contributed by atoms with Gasteiger partial charge in [-0.05, 0) is 68.1 Å². The third kappa shape index (κ3) is 8.68. The van der Waals surface area contributed by atoms with Gasteiger partial charge in [-0.1, -0.05) is 70.2 Å². The number of nitrogens with zero attached hydrogens (tertiary/aromatic N) is 1. The third-order valence-corrected chi connectivity index (χ3v) is 6.76. The summed E-state index contributed by atoms with van der Waals surface area (Å²) in [5.74, 6) is -0.446. The molecule has 39 heavy (non-hydrogen) atoms. The highest BCUT2D eigenvalue weighted by molar-refractivity contribution is 5.94. The highest BCUT2D eigenvalue weighted by atomic mass is 16.5. The van der Waals surface area contributed by atoms with Crippen molar-refractivity contribution in [1.82, 2.24) is 20.9 Å². The minimum absolute atomic E-state index is 0.127. The standard InChI is InChI=1S/C31H42N4O4/c1-20(2)18-25-29(36)32-17-16-22-12-14-24(15-13-22)39-28(21(3)4)27(31(38)33-25)34-30(37)26(35(5)6)19-23-10-8-7-9-11-23/h7-17,20-21,25-28H,18-19H2,1-6H3,(H,32,36)(H,33,38)(H,34,37)/b17-16-/t25-,26+,27-,28+/m1/s1. The van der Waals surface area contributed by atoms with E-state index in [9.17, 15) is 14.4 Å². The fourth-order valence-corrected chi connectivity index (χ4v) is 4.58. The third-order valence-electron chi connectivity index (χ3n) is 6.76. The van der Waals surface area contributed by atoms with Crippen LogP contribution in [0.5, 0.6) is 5.75 Å². The Morgan fingerprint density at radius 1 is 0.974 bits per heavy atom. The summed E-state index contributed by atoms with van der Waals surface area (Å²) in [6.45, 7) is 7.88. The zero-order chi connectivity index (χ0) is 28.5. The maximum Gasteiger partial charge on any atom is 0.247 e. The molecule has 2 aromatic rings. The van der Waals surface area contributed by atoms with Gasteiger partial charge in [-0.3, -0.25) is 19.3 Å². The molecule has 210 valence electrons. The Kier molecular flexibility index (Phi) is 10.7. The normalized spacial score (nSPS) is 21.6. The van der Waals surface area contributed by atoms with Crippen molar-refractivity contribution in [3.05, 3.63) is 71.9 Å². The number of amides is 3. The van der Waals surface area contributed by atoms with Gasteiger partial charge in [0.15, 0.2) is 0 Å². The molecule has 2 aliphatic heterocycles. The van der Waals surface area contributed by atoms with Crippen LogP contribution in [0.3, 0.4) is 0 Å². The number of rotatable bonds is 8. The van der Waals surface area contributed by atoms with Gasteiger partial charge in [-0.25, -0.2) is 0 Å². The van der Waals surface area contributed by atoms with Crippen molar-refractivity contribution in [1.29, 1.82) is 0 Å². The van der Waals surface area contributed by atoms with Gasteiger partial charge in [0.1, 0.15) is 23.9 Å². The van der Waals surface area contributed by atoms with Crippen LogP contribution in [0, 0.1) is 11.8 Å². The number of hydrogen-bond acceptors (Lipinski definition) is 5. The van der Waals surface area contributed by atoms with Gasteiger partial charge in [-0.15, -0.1) is 0 Å². The molecule has 0 fully saturated rings. The fourth-order valence-electron chi connectivity index (χ4n) is 4.58. The molecule has 8 heteroatoms. The largest absolute Gasteiger partial charge is 0.487 e. The first-order valence-corrected chi connectivity index (χ1v) is 13.6. The first-order valence-electron chi connectivity index (χ1n) is 13.6. The van der Waals surface area contributed by atoms with Gasteiger partial charge in [-0.2, -0.15) is 0 Å². The van der Waals surface area contributed by atoms with Gasteiger partial charge in [0, 0.05) is 6.20 Å². The Balaban J connectivity index is 1.98. The molecular weight excluding hydrogens is 492 g/mol. The summed E-state index contributed by atoms with van der Waals surface area (Å²) in [5, 5.41) is 8.70. The number of carbonyl (C=O) groups excluding carboxylic acids is 3. The minimum atomic E-state index is -1.03. The summed E-state index contributed by atoms with van der Waals surface area (Å²) in [4.78, 5) is 42.5. The quantitative estimate of drug-likeness (QED) is 0.482. The van der Waals surface area contributed by atoms with Gasteiger partial charge in [0.2, 0.25) is 17.7 Å². The summed E-state index contributed by atoms with van der Waals surface area (Å²) in [5.41, 5.74) is 1.91. The molecule has 3 N–H and O–H groups in total. The number of nitrogens with one attached hydrogen (secondary N) is 3. The molecule has 0 radical (unpaired) electrons. The molecule has 2 heterocycles. The Bertz CT molecular complexity index is 1130. The number of carbonyl (C=O) groups is 3. The molecule has 4 rings (SSSR count). The molecule has 0 saturated carbocycles. The number of ether oxygens (including phenoxy) is 1. The molecular formula is C31H42N4O4. The zero-order valence-corrected chi connectivity index (χ0v) is 23.8. The van der Waals surface area contributed by atoms with E-state index >= 15 is 0 Å². The summed E-state index contributed by atoms with van der Waals surface area (Å²) in [6, 6.07) is 14.8. The van der Waals surface area contributed by atoms with Crippen molar-refractivity contribution >= 4 is 23.8 Å². The zero-order valence-electron chi connectivity index (χ0n) is 23.8. The average Bonchev–Trinajstić information content (AvgIpc) is 2.89. The van der Waals surface area contributed by atoms with Crippen LogP contribution in [0.2, 0.25) is 0 Å². The first-order chi connectivity index (χ1) is 18.5. The lowest BCUT2D eigenvalue weighted by molar-refractivity contribution is -0.136. The highest BCUT2D eigenvalue weighted by Gasteiger charge is 2.38. The van der Waals surface area contributed by atoms with Crippen LogP contribution in [0.25, 0.3) is 6.08 Å². The van der Waals surface area contributed by atoms with Crippen LogP contribution in [0.4, 0.5) is 0 Å². The molecule has 0 saturated heterocycles. The van der Waals surface area contributed by atoms with Crippen molar-refractivity contribution < 1.29 is 19.1 Å². The Hall–Kier alpha value is -3.65. The number of fused-ring (bicyclic) bond motifs is 10. The van der Waals surface area contributed by atoms with Crippen molar-refractivity contribution in [3.63, 3.8) is 0 Å². The SMILES string of the molecule is CC(C)C[C@H]1NC(=O)[C@H](NC(=O)[C@H](Cc2ccccc2)N(C)C)[C@H](C(C)C)Oc2ccc(cc2)/C=C\NC1=O. The van der Waals surface area contributed by atoms with E-state index in [2.05, 4.69) is 16.0 Å². The topological polar surface area (TPSA) is 99.8 Å². The van der Waals surface area contributed by atoms with Crippen LogP contribution in [0.1, 0.15) is 45.2 Å². The number of benzene rings is 2. The molecule has 0 spiro atoms. The van der Waals surface area contributed by atoms with Crippen LogP contribution in [-0.2, 0) is 20.8 Å². The molecule has 0 aromatic heterocycles. The fraction of sp³-hybridized carbons (Fsp3) is 0.452. The van der Waals surface area contributed by atoms with E-state index < -0.39 is 30.1 Å². The Morgan fingerprint density at radius 2 is 1.64 bits per heavy atom. The predicted octanol–water partition coefficient (Wildman–Crippen LogP) is 3.38. The summed E-state index contributed by atoms with van der Waals surface area (Å²) in [6.07, 6.45) is 3.61. The molecule has 2 aromatic carbocycles. The molecule has 3 amide bonds. The molecule has 0 unspecified atom stereocenters. The Labute approximate surface area is 232 Å². The first kappa shape index (κ1) is 29.9. The second-order valence-electron chi connectivity index (χ2n) is 11.1. The summed E-state index contributed by atoms with van der Waals surface area (Å²) < 4.78 is 6.35. The van der Waals surface area contributed by atoms with Crippen LogP contribution in [-0.4, -0.2) is 60.9 Å². The molecule has 4 atom stereocenters. The van der Waals surface area contributed by atoms with Gasteiger partial charge < -0.3 is 20.7 Å². The number of likely N-dealkylation sites (N-methyl/N-ethyl adjacent to an activating group) is 1. The lowest BCUT2D eigenvalue weighted by atomic mass is 9.96. The van der Waals surface area contributed by atoms with Crippen LogP contribution >= 0.6 is 0 Å². The van der Waals surface area contributed by atoms with E-state index in [1.165, 1.54) is 0 Å². The smallest absolute Gasteiger partial charge is 0.247 e. The van der Waals surface area contributed by atoms with Crippen molar-refractivity contribution in [2.45, 2.75) is 64.8 Å².